The third-order valence-corrected chi connectivity index (χ3v) is 6.32. The molecule has 0 bridgehead atoms. The van der Waals surface area contributed by atoms with Crippen LogP contribution in [0.1, 0.15) is 33.4 Å². The largest absolute Gasteiger partial charge is 0.355 e. The highest BCUT2D eigenvalue weighted by Crippen LogP contribution is 2.26. The summed E-state index contributed by atoms with van der Waals surface area (Å²) in [6.45, 7) is 10.3. The molecule has 2 aromatic rings. The van der Waals surface area contributed by atoms with Crippen LogP contribution in [0.15, 0.2) is 35.6 Å². The number of rotatable bonds is 7. The predicted octanol–water partition coefficient (Wildman–Crippen LogP) is 3.06. The maximum atomic E-state index is 12.7. The number of hydrogen-bond donors (Lipinski definition) is 1. The number of piperazine rings is 1. The van der Waals surface area contributed by atoms with E-state index in [4.69, 9.17) is 11.6 Å². The van der Waals surface area contributed by atoms with Crippen LogP contribution in [0.5, 0.6) is 0 Å². The summed E-state index contributed by atoms with van der Waals surface area (Å²) in [5.41, 5.74) is 0.531. The molecule has 1 atom stereocenters. The summed E-state index contributed by atoms with van der Waals surface area (Å²) < 4.78 is 0. The molecular weight excluding hydrogens is 460 g/mol. The number of hydrogen-bond acceptors (Lipinski definition) is 7. The van der Waals surface area contributed by atoms with Crippen molar-refractivity contribution in [3.05, 3.63) is 41.3 Å². The Morgan fingerprint density at radius 1 is 1.24 bits per heavy atom. The van der Waals surface area contributed by atoms with Crippen LogP contribution in [0.25, 0.3) is 0 Å². The Morgan fingerprint density at radius 3 is 2.70 bits per heavy atom. The molecule has 3 heterocycles. The number of halogens is 1. The normalized spacial score (nSPS) is 16.6. The average molecular weight is 491 g/mol. The Hall–Kier alpha value is -2.39. The first-order valence-electron chi connectivity index (χ1n) is 11.0. The van der Waals surface area contributed by atoms with Gasteiger partial charge in [0.25, 0.3) is 0 Å². The van der Waals surface area contributed by atoms with E-state index in [0.29, 0.717) is 48.7 Å². The van der Waals surface area contributed by atoms with Crippen LogP contribution in [0.2, 0.25) is 5.15 Å². The van der Waals surface area contributed by atoms with E-state index in [0.717, 1.165) is 5.69 Å². The molecular formula is C23H31ClN6O2S. The lowest BCUT2D eigenvalue weighted by molar-refractivity contribution is -0.142. The summed E-state index contributed by atoms with van der Waals surface area (Å²) in [6, 6.07) is 7.51. The number of nitrogens with zero attached hydrogens (tertiary/aromatic N) is 5. The topological polar surface area (TPSA) is 91.3 Å². The molecule has 33 heavy (non-hydrogen) atoms. The Morgan fingerprint density at radius 2 is 2.03 bits per heavy atom. The fourth-order valence-electron chi connectivity index (χ4n) is 3.57. The van der Waals surface area contributed by atoms with Crippen molar-refractivity contribution in [2.45, 2.75) is 45.3 Å². The molecule has 0 aromatic carbocycles. The summed E-state index contributed by atoms with van der Waals surface area (Å²) in [6.07, 6.45) is 2.42. The van der Waals surface area contributed by atoms with Gasteiger partial charge in [-0.25, -0.2) is 9.97 Å². The first kappa shape index (κ1) is 25.2. The third kappa shape index (κ3) is 7.30. The minimum absolute atomic E-state index is 0.0557. The van der Waals surface area contributed by atoms with Crippen molar-refractivity contribution in [2.24, 2.45) is 5.41 Å². The molecule has 1 aliphatic rings. The zero-order valence-corrected chi connectivity index (χ0v) is 21.1. The maximum Gasteiger partial charge on any atom is 0.230 e. The van der Waals surface area contributed by atoms with E-state index in [9.17, 15) is 9.59 Å². The van der Waals surface area contributed by atoms with E-state index in [1.54, 1.807) is 12.3 Å². The second-order valence-corrected chi connectivity index (χ2v) is 10.4. The van der Waals surface area contributed by atoms with E-state index in [1.165, 1.54) is 11.8 Å². The second kappa shape index (κ2) is 11.2. The third-order valence-electron chi connectivity index (χ3n) is 5.28. The van der Waals surface area contributed by atoms with Crippen LogP contribution in [0.3, 0.4) is 0 Å². The highest BCUT2D eigenvalue weighted by atomic mass is 35.5. The molecule has 0 radical (unpaired) electrons. The summed E-state index contributed by atoms with van der Waals surface area (Å²) >= 11 is 7.50. The van der Waals surface area contributed by atoms with Gasteiger partial charge in [-0.15, -0.1) is 0 Å². The monoisotopic (exact) mass is 490 g/mol. The van der Waals surface area contributed by atoms with E-state index >= 15 is 0 Å². The lowest BCUT2D eigenvalue weighted by Crippen LogP contribution is -2.56. The molecule has 2 amide bonds. The van der Waals surface area contributed by atoms with Crippen LogP contribution >= 0.6 is 23.4 Å². The Balaban J connectivity index is 1.53. The van der Waals surface area contributed by atoms with Crippen molar-refractivity contribution in [1.82, 2.24) is 25.2 Å². The first-order valence-corrected chi connectivity index (χ1v) is 12.4. The van der Waals surface area contributed by atoms with Gasteiger partial charge in [0.1, 0.15) is 11.0 Å². The standard InChI is InChI=1S/C23H31ClN6O2S/c1-16-14-29(11-12-30(16)21(32)23(2,3)4)19-13-18(24)27-22(28-19)33-15-20(31)26-10-8-17-7-5-6-9-25-17/h5-7,9,13,16H,8,10-12,14-15H2,1-4H3,(H,26,31). The van der Waals surface area contributed by atoms with Crippen molar-refractivity contribution in [3.8, 4) is 0 Å². The van der Waals surface area contributed by atoms with Crippen LogP contribution in [0, 0.1) is 5.41 Å². The van der Waals surface area contributed by atoms with E-state index < -0.39 is 5.41 Å². The lowest BCUT2D eigenvalue weighted by atomic mass is 9.93. The van der Waals surface area contributed by atoms with E-state index in [2.05, 4.69) is 25.2 Å². The molecule has 10 heteroatoms. The molecule has 1 unspecified atom stereocenters. The fraction of sp³-hybridized carbons (Fsp3) is 0.522. The van der Waals surface area contributed by atoms with Crippen molar-refractivity contribution in [1.29, 1.82) is 0 Å². The number of nitrogens with one attached hydrogen (secondary N) is 1. The molecule has 8 nitrogen and oxygen atoms in total. The first-order chi connectivity index (χ1) is 15.6. The van der Waals surface area contributed by atoms with Gasteiger partial charge in [0, 0.05) is 62.0 Å². The minimum atomic E-state index is -0.406. The SMILES string of the molecule is CC1CN(c2cc(Cl)nc(SCC(=O)NCCc3ccccn3)n2)CCN1C(=O)C(C)(C)C. The van der Waals surface area contributed by atoms with Crippen molar-refractivity contribution >= 4 is 41.0 Å². The lowest BCUT2D eigenvalue weighted by Gasteiger charge is -2.42. The summed E-state index contributed by atoms with van der Waals surface area (Å²) in [7, 11) is 0. The molecule has 0 aliphatic carbocycles. The highest BCUT2D eigenvalue weighted by molar-refractivity contribution is 7.99. The highest BCUT2D eigenvalue weighted by Gasteiger charge is 2.34. The number of pyridine rings is 1. The van der Waals surface area contributed by atoms with Crippen LogP contribution < -0.4 is 10.2 Å². The summed E-state index contributed by atoms with van der Waals surface area (Å²) in [5, 5.41) is 3.68. The van der Waals surface area contributed by atoms with Gasteiger partial charge < -0.3 is 15.1 Å². The maximum absolute atomic E-state index is 12.7. The molecule has 2 aromatic heterocycles. The number of carbonyl (C=O) groups is 2. The van der Waals surface area contributed by atoms with Gasteiger partial charge in [-0.3, -0.25) is 14.6 Å². The predicted molar refractivity (Wildman–Crippen MR) is 132 cm³/mol. The Labute approximate surface area is 204 Å². The fourth-order valence-corrected chi connectivity index (χ4v) is 4.48. The van der Waals surface area contributed by atoms with Gasteiger partial charge in [0.15, 0.2) is 5.16 Å². The van der Waals surface area contributed by atoms with Gasteiger partial charge in [-0.2, -0.15) is 0 Å². The number of carbonyl (C=O) groups excluding carboxylic acids is 2. The van der Waals surface area contributed by atoms with Gasteiger partial charge in [-0.1, -0.05) is 50.2 Å². The average Bonchev–Trinajstić information content (AvgIpc) is 2.77. The van der Waals surface area contributed by atoms with Gasteiger partial charge in [0.2, 0.25) is 11.8 Å². The molecule has 1 saturated heterocycles. The zero-order valence-electron chi connectivity index (χ0n) is 19.5. The van der Waals surface area contributed by atoms with Crippen molar-refractivity contribution in [2.75, 3.05) is 36.8 Å². The molecule has 1 aliphatic heterocycles. The van der Waals surface area contributed by atoms with Gasteiger partial charge >= 0.3 is 0 Å². The molecule has 178 valence electrons. The smallest absolute Gasteiger partial charge is 0.230 e. The molecule has 1 N–H and O–H groups in total. The zero-order chi connectivity index (χ0) is 24.0. The Kier molecular flexibility index (Phi) is 8.53. The molecule has 0 saturated carbocycles. The van der Waals surface area contributed by atoms with E-state index in [1.807, 2.05) is 50.8 Å². The number of amides is 2. The van der Waals surface area contributed by atoms with Crippen LogP contribution in [-0.2, 0) is 16.0 Å². The second-order valence-electron chi connectivity index (χ2n) is 9.08. The van der Waals surface area contributed by atoms with Crippen LogP contribution in [-0.4, -0.2) is 69.6 Å². The van der Waals surface area contributed by atoms with E-state index in [-0.39, 0.29) is 23.6 Å². The van der Waals surface area contributed by atoms with Crippen molar-refractivity contribution < 1.29 is 9.59 Å². The Bertz CT molecular complexity index is 969. The summed E-state index contributed by atoms with van der Waals surface area (Å²) in [5.74, 6) is 0.971. The summed E-state index contributed by atoms with van der Waals surface area (Å²) in [4.78, 5) is 42.1. The number of aromatic nitrogens is 3. The van der Waals surface area contributed by atoms with Gasteiger partial charge in [-0.05, 0) is 19.1 Å². The number of anilines is 1. The molecule has 3 rings (SSSR count). The molecule has 1 fully saturated rings. The molecule has 0 spiro atoms. The minimum Gasteiger partial charge on any atom is -0.355 e. The van der Waals surface area contributed by atoms with Crippen LogP contribution in [0.4, 0.5) is 5.82 Å². The number of thioether (sulfide) groups is 1. The van der Waals surface area contributed by atoms with Gasteiger partial charge in [0.05, 0.1) is 5.75 Å². The van der Waals surface area contributed by atoms with Crippen molar-refractivity contribution in [3.63, 3.8) is 0 Å². The quantitative estimate of drug-likeness (QED) is 0.362.